The van der Waals surface area contributed by atoms with E-state index in [-0.39, 0.29) is 11.9 Å². The minimum atomic E-state index is -0.00141. The molecule has 1 aromatic carbocycles. The van der Waals surface area contributed by atoms with Gasteiger partial charge in [0, 0.05) is 5.69 Å². The normalized spacial score (nSPS) is 17.0. The number of fused-ring (bicyclic) bond motifs is 1. The Morgan fingerprint density at radius 2 is 2.25 bits per heavy atom. The van der Waals surface area contributed by atoms with E-state index in [9.17, 15) is 4.79 Å². The van der Waals surface area contributed by atoms with E-state index in [1.807, 2.05) is 31.2 Å². The van der Waals surface area contributed by atoms with Gasteiger partial charge in [-0.25, -0.2) is 0 Å². The number of anilines is 1. The third kappa shape index (κ3) is 2.47. The van der Waals surface area contributed by atoms with E-state index in [0.29, 0.717) is 0 Å². The summed E-state index contributed by atoms with van der Waals surface area (Å²) >= 11 is 4.93. The number of nitrogens with one attached hydrogen (secondary N) is 1. The van der Waals surface area contributed by atoms with Gasteiger partial charge in [-0.3, -0.25) is 4.79 Å². The van der Waals surface area contributed by atoms with Crippen LogP contribution in [-0.2, 0) is 6.42 Å². The molecule has 0 saturated heterocycles. The Kier molecular flexibility index (Phi) is 3.56. The molecule has 0 radical (unpaired) electrons. The molecule has 104 valence electrons. The molecule has 1 aromatic heterocycles. The van der Waals surface area contributed by atoms with Gasteiger partial charge in [0.05, 0.1) is 14.7 Å². The number of aryl methyl sites for hydroxylation is 2. The van der Waals surface area contributed by atoms with Gasteiger partial charge in [-0.1, -0.05) is 6.07 Å². The maximum Gasteiger partial charge on any atom is 0.261 e. The van der Waals surface area contributed by atoms with Crippen LogP contribution in [0.5, 0.6) is 0 Å². The zero-order valence-electron chi connectivity index (χ0n) is 11.1. The Balaban J connectivity index is 1.78. The number of hydrogen-bond acceptors (Lipinski definition) is 3. The van der Waals surface area contributed by atoms with E-state index in [2.05, 4.69) is 21.2 Å². The number of carbonyl (C=O) groups is 1. The molecule has 0 spiro atoms. The van der Waals surface area contributed by atoms with Gasteiger partial charge in [0.15, 0.2) is 0 Å². The highest BCUT2D eigenvalue weighted by Crippen LogP contribution is 2.33. The van der Waals surface area contributed by atoms with Crippen molar-refractivity contribution in [1.29, 1.82) is 0 Å². The molecule has 0 aliphatic heterocycles. The van der Waals surface area contributed by atoms with Crippen molar-refractivity contribution < 1.29 is 4.79 Å². The van der Waals surface area contributed by atoms with Crippen molar-refractivity contribution in [1.82, 2.24) is 5.32 Å². The van der Waals surface area contributed by atoms with Crippen LogP contribution in [0.1, 0.15) is 38.8 Å². The zero-order valence-corrected chi connectivity index (χ0v) is 13.5. The summed E-state index contributed by atoms with van der Waals surface area (Å²) < 4.78 is 1.02. The first-order valence-corrected chi connectivity index (χ1v) is 8.10. The molecule has 1 unspecified atom stereocenters. The van der Waals surface area contributed by atoms with Crippen LogP contribution in [0.2, 0.25) is 0 Å². The molecule has 3 nitrogen and oxygen atoms in total. The quantitative estimate of drug-likeness (QED) is 0.809. The molecule has 2 aromatic rings. The second-order valence-corrected chi connectivity index (χ2v) is 7.46. The van der Waals surface area contributed by atoms with Crippen LogP contribution in [-0.4, -0.2) is 5.91 Å². The Bertz CT molecular complexity index is 661. The highest BCUT2D eigenvalue weighted by Gasteiger charge is 2.25. The Labute approximate surface area is 130 Å². The smallest absolute Gasteiger partial charge is 0.261 e. The van der Waals surface area contributed by atoms with E-state index in [0.717, 1.165) is 32.8 Å². The van der Waals surface area contributed by atoms with Crippen molar-refractivity contribution in [3.63, 3.8) is 0 Å². The molecule has 0 saturated carbocycles. The highest BCUT2D eigenvalue weighted by atomic mass is 79.9. The molecule has 1 amide bonds. The van der Waals surface area contributed by atoms with Gasteiger partial charge in [0.25, 0.3) is 5.91 Å². The molecule has 1 aliphatic carbocycles. The van der Waals surface area contributed by atoms with E-state index in [1.165, 1.54) is 22.5 Å². The lowest BCUT2D eigenvalue weighted by atomic mass is 10.1. The Hall–Kier alpha value is -1.33. The molecule has 20 heavy (non-hydrogen) atoms. The van der Waals surface area contributed by atoms with Crippen molar-refractivity contribution in [2.45, 2.75) is 25.8 Å². The first kappa shape index (κ1) is 13.6. The molecule has 0 fully saturated rings. The predicted octanol–water partition coefficient (Wildman–Crippen LogP) is 3.82. The van der Waals surface area contributed by atoms with Gasteiger partial charge in [-0.05, 0) is 70.6 Å². The van der Waals surface area contributed by atoms with Crippen LogP contribution >= 0.6 is 27.3 Å². The predicted molar refractivity (Wildman–Crippen MR) is 86.1 cm³/mol. The van der Waals surface area contributed by atoms with Crippen molar-refractivity contribution in [3.05, 3.63) is 49.6 Å². The van der Waals surface area contributed by atoms with Crippen LogP contribution in [0, 0.1) is 6.92 Å². The van der Waals surface area contributed by atoms with Gasteiger partial charge in [0.1, 0.15) is 0 Å². The number of halogens is 1. The molecule has 1 atom stereocenters. The van der Waals surface area contributed by atoms with Crippen LogP contribution in [0.4, 0.5) is 5.69 Å². The topological polar surface area (TPSA) is 55.1 Å². The summed E-state index contributed by atoms with van der Waals surface area (Å²) in [5, 5.41) is 3.12. The SMILES string of the molecule is Cc1cc(C(=O)NC2CCc3cc(N)ccc32)sc1Br. The third-order valence-electron chi connectivity index (χ3n) is 3.63. The summed E-state index contributed by atoms with van der Waals surface area (Å²) in [5.41, 5.74) is 10.1. The number of hydrogen-bond donors (Lipinski definition) is 2. The first-order valence-electron chi connectivity index (χ1n) is 6.49. The monoisotopic (exact) mass is 350 g/mol. The number of thiophene rings is 1. The van der Waals surface area contributed by atoms with Crippen LogP contribution < -0.4 is 11.1 Å². The van der Waals surface area contributed by atoms with Crippen molar-refractivity contribution in [2.75, 3.05) is 5.73 Å². The third-order valence-corrected chi connectivity index (χ3v) is 5.77. The fraction of sp³-hybridized carbons (Fsp3) is 0.267. The van der Waals surface area contributed by atoms with Gasteiger partial charge < -0.3 is 11.1 Å². The largest absolute Gasteiger partial charge is 0.399 e. The fourth-order valence-corrected chi connectivity index (χ4v) is 4.03. The minimum Gasteiger partial charge on any atom is -0.399 e. The van der Waals surface area contributed by atoms with E-state index < -0.39 is 0 Å². The van der Waals surface area contributed by atoms with E-state index >= 15 is 0 Å². The first-order chi connectivity index (χ1) is 9.54. The average molecular weight is 351 g/mol. The van der Waals surface area contributed by atoms with Crippen LogP contribution in [0.3, 0.4) is 0 Å². The number of amides is 1. The maximum absolute atomic E-state index is 12.3. The van der Waals surface area contributed by atoms with Crippen molar-refractivity contribution in [2.24, 2.45) is 0 Å². The molecule has 5 heteroatoms. The van der Waals surface area contributed by atoms with Gasteiger partial charge >= 0.3 is 0 Å². The summed E-state index contributed by atoms with van der Waals surface area (Å²) in [6.45, 7) is 1.99. The minimum absolute atomic E-state index is 0.00141. The van der Waals surface area contributed by atoms with Crippen molar-refractivity contribution >= 4 is 38.9 Å². The average Bonchev–Trinajstić information content (AvgIpc) is 2.94. The molecule has 3 N–H and O–H groups in total. The molecular weight excluding hydrogens is 336 g/mol. The molecule has 3 rings (SSSR count). The fourth-order valence-electron chi connectivity index (χ4n) is 2.59. The Morgan fingerprint density at radius 1 is 1.45 bits per heavy atom. The number of nitrogens with two attached hydrogens (primary N) is 1. The van der Waals surface area contributed by atoms with Gasteiger partial charge in [-0.15, -0.1) is 11.3 Å². The summed E-state index contributed by atoms with van der Waals surface area (Å²) in [5.74, 6) is -0.00141. The van der Waals surface area contributed by atoms with Crippen molar-refractivity contribution in [3.8, 4) is 0 Å². The highest BCUT2D eigenvalue weighted by molar-refractivity contribution is 9.11. The lowest BCUT2D eigenvalue weighted by Gasteiger charge is -2.13. The molecule has 0 bridgehead atoms. The number of rotatable bonds is 2. The molecule has 1 aliphatic rings. The summed E-state index contributed by atoms with van der Waals surface area (Å²) in [6.07, 6.45) is 1.91. The van der Waals surface area contributed by atoms with Crippen LogP contribution in [0.15, 0.2) is 28.1 Å². The lowest BCUT2D eigenvalue weighted by Crippen LogP contribution is -2.26. The number of nitrogen functional groups attached to an aromatic ring is 1. The summed E-state index contributed by atoms with van der Waals surface area (Å²) in [4.78, 5) is 13.0. The van der Waals surface area contributed by atoms with E-state index in [4.69, 9.17) is 5.73 Å². The maximum atomic E-state index is 12.3. The van der Waals surface area contributed by atoms with Gasteiger partial charge in [-0.2, -0.15) is 0 Å². The zero-order chi connectivity index (χ0) is 14.3. The summed E-state index contributed by atoms with van der Waals surface area (Å²) in [6, 6.07) is 7.95. The van der Waals surface area contributed by atoms with Crippen LogP contribution in [0.25, 0.3) is 0 Å². The second kappa shape index (κ2) is 5.22. The number of carbonyl (C=O) groups excluding carboxylic acids is 1. The number of benzene rings is 1. The molecule has 1 heterocycles. The lowest BCUT2D eigenvalue weighted by molar-refractivity contribution is 0.0941. The van der Waals surface area contributed by atoms with Gasteiger partial charge in [0.2, 0.25) is 0 Å². The standard InChI is InChI=1S/C15H15BrN2OS/c1-8-6-13(20-14(8)16)15(19)18-12-5-2-9-7-10(17)3-4-11(9)12/h3-4,6-7,12H,2,5,17H2,1H3,(H,18,19). The molecular formula is C15H15BrN2OS. The Morgan fingerprint density at radius 3 is 2.95 bits per heavy atom. The summed E-state index contributed by atoms with van der Waals surface area (Å²) in [7, 11) is 0. The van der Waals surface area contributed by atoms with E-state index in [1.54, 1.807) is 0 Å². The second-order valence-electron chi connectivity index (χ2n) is 5.09.